The van der Waals surface area contributed by atoms with Crippen LogP contribution in [0.1, 0.15) is 65.2 Å². The van der Waals surface area contributed by atoms with E-state index in [0.717, 1.165) is 56.9 Å². The number of carbonyl (C=O) groups excluding carboxylic acids is 1. The van der Waals surface area contributed by atoms with Gasteiger partial charge >= 0.3 is 5.97 Å². The quantitative estimate of drug-likeness (QED) is 0.737. The zero-order valence-electron chi connectivity index (χ0n) is 14.4. The van der Waals surface area contributed by atoms with E-state index in [1.54, 1.807) is 0 Å². The molecule has 2 bridgehead atoms. The van der Waals surface area contributed by atoms with E-state index in [1.165, 1.54) is 0 Å². The van der Waals surface area contributed by atoms with Gasteiger partial charge in [-0.25, -0.2) is 0 Å². The molecular weight excluding hydrogens is 288 g/mol. The molecule has 0 aliphatic heterocycles. The largest absolute Gasteiger partial charge is 0.481 e. The average molecular weight is 316 g/mol. The summed E-state index contributed by atoms with van der Waals surface area (Å²) in [5.74, 6) is 0.645. The van der Waals surface area contributed by atoms with Crippen LogP contribution in [0.25, 0.3) is 0 Å². The molecule has 0 amide bonds. The molecule has 0 aromatic heterocycles. The van der Waals surface area contributed by atoms with Crippen LogP contribution in [-0.2, 0) is 9.59 Å². The van der Waals surface area contributed by atoms with Gasteiger partial charge in [0.2, 0.25) is 0 Å². The van der Waals surface area contributed by atoms with Crippen molar-refractivity contribution in [1.82, 2.24) is 0 Å². The first-order chi connectivity index (χ1) is 10.8. The second-order valence-electron chi connectivity index (χ2n) is 9.21. The lowest BCUT2D eigenvalue weighted by molar-refractivity contribution is -0.182. The van der Waals surface area contributed by atoms with E-state index in [2.05, 4.69) is 13.5 Å². The lowest BCUT2D eigenvalue weighted by Gasteiger charge is -2.62. The number of allylic oxidation sites excluding steroid dienone is 1. The zero-order chi connectivity index (χ0) is 16.6. The van der Waals surface area contributed by atoms with Crippen LogP contribution in [0.15, 0.2) is 12.2 Å². The maximum absolute atomic E-state index is 13.0. The van der Waals surface area contributed by atoms with Crippen LogP contribution in [0.5, 0.6) is 0 Å². The van der Waals surface area contributed by atoms with Gasteiger partial charge in [0.15, 0.2) is 5.78 Å². The fourth-order valence-corrected chi connectivity index (χ4v) is 7.37. The van der Waals surface area contributed by atoms with Crippen molar-refractivity contribution < 1.29 is 14.7 Å². The minimum atomic E-state index is -0.639. The second kappa shape index (κ2) is 4.49. The number of carbonyl (C=O) groups is 2. The van der Waals surface area contributed by atoms with Crippen molar-refractivity contribution in [2.75, 3.05) is 0 Å². The molecule has 0 unspecified atom stereocenters. The minimum Gasteiger partial charge on any atom is -0.481 e. The van der Waals surface area contributed by atoms with Crippen molar-refractivity contribution >= 4 is 11.8 Å². The van der Waals surface area contributed by atoms with E-state index >= 15 is 0 Å². The van der Waals surface area contributed by atoms with Crippen LogP contribution in [0.2, 0.25) is 0 Å². The predicted molar refractivity (Wildman–Crippen MR) is 87.8 cm³/mol. The topological polar surface area (TPSA) is 54.4 Å². The average Bonchev–Trinajstić information content (AvgIpc) is 2.68. The third kappa shape index (κ3) is 1.66. The van der Waals surface area contributed by atoms with E-state index < -0.39 is 11.4 Å². The van der Waals surface area contributed by atoms with E-state index in [4.69, 9.17) is 0 Å². The highest BCUT2D eigenvalue weighted by molar-refractivity contribution is 6.03. The normalized spacial score (nSPS) is 52.0. The molecule has 0 saturated heterocycles. The SMILES string of the molecule is C=C1C(=O)[C@@]23CC[C@H]4[C@@](C)(CCC[C@@]4(C)C(=O)O)[C@@H]2CC[C@H]1C3. The fourth-order valence-electron chi connectivity index (χ4n) is 7.37. The maximum atomic E-state index is 13.0. The Labute approximate surface area is 138 Å². The van der Waals surface area contributed by atoms with Gasteiger partial charge in [-0.3, -0.25) is 9.59 Å². The van der Waals surface area contributed by atoms with Crippen LogP contribution in [0, 0.1) is 34.0 Å². The van der Waals surface area contributed by atoms with Gasteiger partial charge < -0.3 is 5.11 Å². The number of fused-ring (bicyclic) bond motifs is 3. The Morgan fingerprint density at radius 3 is 2.57 bits per heavy atom. The molecule has 3 nitrogen and oxygen atoms in total. The van der Waals surface area contributed by atoms with E-state index in [0.29, 0.717) is 17.6 Å². The molecule has 4 aliphatic rings. The minimum absolute atomic E-state index is 0.00507. The van der Waals surface area contributed by atoms with Gasteiger partial charge in [0.25, 0.3) is 0 Å². The molecule has 4 saturated carbocycles. The number of carboxylic acid groups (broad SMARTS) is 1. The summed E-state index contributed by atoms with van der Waals surface area (Å²) in [7, 11) is 0. The highest BCUT2D eigenvalue weighted by Crippen LogP contribution is 2.71. The van der Waals surface area contributed by atoms with E-state index in [-0.39, 0.29) is 16.7 Å². The third-order valence-corrected chi connectivity index (χ3v) is 8.46. The molecule has 0 aromatic carbocycles. The van der Waals surface area contributed by atoms with Gasteiger partial charge in [-0.2, -0.15) is 0 Å². The summed E-state index contributed by atoms with van der Waals surface area (Å²) in [4.78, 5) is 25.1. The van der Waals surface area contributed by atoms with Crippen molar-refractivity contribution in [3.63, 3.8) is 0 Å². The Bertz CT molecular complexity index is 608. The molecule has 3 heteroatoms. The number of rotatable bonds is 1. The van der Waals surface area contributed by atoms with Crippen molar-refractivity contribution in [2.24, 2.45) is 34.0 Å². The van der Waals surface area contributed by atoms with Gasteiger partial charge in [-0.05, 0) is 80.6 Å². The summed E-state index contributed by atoms with van der Waals surface area (Å²) in [6, 6.07) is 0. The molecule has 126 valence electrons. The first-order valence-electron chi connectivity index (χ1n) is 9.23. The Kier molecular flexibility index (Phi) is 3.01. The zero-order valence-corrected chi connectivity index (χ0v) is 14.4. The fraction of sp³-hybridized carbons (Fsp3) is 0.800. The number of hydrogen-bond donors (Lipinski definition) is 1. The van der Waals surface area contributed by atoms with Crippen LogP contribution in [0.3, 0.4) is 0 Å². The third-order valence-electron chi connectivity index (χ3n) is 8.46. The van der Waals surface area contributed by atoms with E-state index in [1.807, 2.05) is 6.92 Å². The predicted octanol–water partition coefficient (Wildman–Crippen LogP) is 4.22. The summed E-state index contributed by atoms with van der Waals surface area (Å²) in [6.45, 7) is 8.36. The molecule has 0 radical (unpaired) electrons. The molecule has 0 aromatic rings. The summed E-state index contributed by atoms with van der Waals surface area (Å²) in [5, 5.41) is 9.89. The summed E-state index contributed by atoms with van der Waals surface area (Å²) in [5.41, 5.74) is 0.0347. The molecule has 4 aliphatic carbocycles. The standard InChI is InChI=1S/C20H28O3/c1-12-13-5-6-15-18(2)8-4-9-19(3,17(22)23)14(18)7-10-20(15,11-13)16(12)21/h13-15H,1,4-11H2,2-3H3,(H,22,23)/t13-,14-,15-,18+,19+,20+/m0/s1. The van der Waals surface area contributed by atoms with Gasteiger partial charge in [0, 0.05) is 5.41 Å². The molecule has 1 N–H and O–H groups in total. The van der Waals surface area contributed by atoms with Gasteiger partial charge in [0.1, 0.15) is 0 Å². The monoisotopic (exact) mass is 316 g/mol. The Morgan fingerprint density at radius 2 is 1.87 bits per heavy atom. The summed E-state index contributed by atoms with van der Waals surface area (Å²) < 4.78 is 0. The Morgan fingerprint density at radius 1 is 1.13 bits per heavy atom. The number of Topliss-reactive ketones (excluding diaryl/α,β-unsaturated/α-hetero) is 1. The van der Waals surface area contributed by atoms with Gasteiger partial charge in [-0.15, -0.1) is 0 Å². The molecule has 23 heavy (non-hydrogen) atoms. The van der Waals surface area contributed by atoms with Crippen LogP contribution >= 0.6 is 0 Å². The number of aliphatic carboxylic acids is 1. The van der Waals surface area contributed by atoms with Crippen LogP contribution < -0.4 is 0 Å². The molecule has 6 atom stereocenters. The Hall–Kier alpha value is -1.12. The highest BCUT2D eigenvalue weighted by Gasteiger charge is 2.67. The first kappa shape index (κ1) is 15.4. The first-order valence-corrected chi connectivity index (χ1v) is 9.23. The number of ketones is 1. The summed E-state index contributed by atoms with van der Waals surface area (Å²) >= 11 is 0. The second-order valence-corrected chi connectivity index (χ2v) is 9.21. The number of carboxylic acids is 1. The summed E-state index contributed by atoms with van der Waals surface area (Å²) in [6.07, 6.45) is 7.75. The van der Waals surface area contributed by atoms with Crippen LogP contribution in [0.4, 0.5) is 0 Å². The van der Waals surface area contributed by atoms with Crippen molar-refractivity contribution in [2.45, 2.75) is 65.2 Å². The lowest BCUT2D eigenvalue weighted by Crippen LogP contribution is -2.59. The lowest BCUT2D eigenvalue weighted by atomic mass is 9.41. The Balaban J connectivity index is 1.79. The molecule has 4 fully saturated rings. The molecule has 4 rings (SSSR count). The van der Waals surface area contributed by atoms with Gasteiger partial charge in [0.05, 0.1) is 5.41 Å². The van der Waals surface area contributed by atoms with Gasteiger partial charge in [-0.1, -0.05) is 19.9 Å². The molecular formula is C20H28O3. The van der Waals surface area contributed by atoms with Crippen molar-refractivity contribution in [1.29, 1.82) is 0 Å². The number of hydrogen-bond acceptors (Lipinski definition) is 2. The highest BCUT2D eigenvalue weighted by atomic mass is 16.4. The van der Waals surface area contributed by atoms with Crippen molar-refractivity contribution in [3.8, 4) is 0 Å². The van der Waals surface area contributed by atoms with E-state index in [9.17, 15) is 14.7 Å². The molecule has 0 heterocycles. The van der Waals surface area contributed by atoms with Crippen LogP contribution in [-0.4, -0.2) is 16.9 Å². The smallest absolute Gasteiger partial charge is 0.309 e. The molecule has 1 spiro atoms. The maximum Gasteiger partial charge on any atom is 0.309 e. The van der Waals surface area contributed by atoms with Crippen molar-refractivity contribution in [3.05, 3.63) is 12.2 Å².